The van der Waals surface area contributed by atoms with Gasteiger partial charge >= 0.3 is 6.09 Å². The van der Waals surface area contributed by atoms with Crippen molar-refractivity contribution in [2.75, 3.05) is 26.2 Å². The molecule has 0 atom stereocenters. The maximum Gasteiger partial charge on any atom is 0.407 e. The van der Waals surface area contributed by atoms with Gasteiger partial charge in [-0.15, -0.1) is 11.3 Å². The fraction of sp³-hybridized carbons (Fsp3) is 0.357. The first-order valence-corrected chi connectivity index (χ1v) is 7.27. The largest absolute Gasteiger partial charge is 0.465 e. The van der Waals surface area contributed by atoms with Gasteiger partial charge in [-0.1, -0.05) is 18.2 Å². The third-order valence-corrected chi connectivity index (χ3v) is 4.61. The molecule has 0 saturated carbocycles. The Hall–Kier alpha value is -1.59. The number of thiophene rings is 1. The topological polar surface area (TPSA) is 43.8 Å². The smallest absolute Gasteiger partial charge is 0.407 e. The van der Waals surface area contributed by atoms with Gasteiger partial charge in [0.1, 0.15) is 0 Å². The monoisotopic (exact) mass is 276 g/mol. The quantitative estimate of drug-likeness (QED) is 0.917. The fourth-order valence-corrected chi connectivity index (χ4v) is 3.45. The summed E-state index contributed by atoms with van der Waals surface area (Å²) in [5.74, 6) is 0. The first-order valence-electron chi connectivity index (χ1n) is 6.39. The summed E-state index contributed by atoms with van der Waals surface area (Å²) < 4.78 is 1.32. The SMILES string of the molecule is O=C(O)N1CCN(Cc2csc3ccccc23)CC1. The highest BCUT2D eigenvalue weighted by atomic mass is 32.1. The molecule has 1 aliphatic heterocycles. The molecule has 1 amide bonds. The predicted molar refractivity (Wildman–Crippen MR) is 76.7 cm³/mol. The molecule has 4 nitrogen and oxygen atoms in total. The standard InChI is InChI=1S/C14H16N2O2S/c17-14(18)16-7-5-15(6-8-16)9-11-10-19-13-4-2-1-3-12(11)13/h1-4,10H,5-9H2,(H,17,18). The van der Waals surface area contributed by atoms with Crippen LogP contribution < -0.4 is 0 Å². The maximum absolute atomic E-state index is 10.9. The van der Waals surface area contributed by atoms with Gasteiger partial charge in [0.15, 0.2) is 0 Å². The lowest BCUT2D eigenvalue weighted by Crippen LogP contribution is -2.47. The van der Waals surface area contributed by atoms with Gasteiger partial charge in [0, 0.05) is 37.4 Å². The zero-order valence-corrected chi connectivity index (χ0v) is 11.4. The predicted octanol–water partition coefficient (Wildman–Crippen LogP) is 2.70. The Bertz CT molecular complexity index is 588. The molecule has 0 radical (unpaired) electrons. The van der Waals surface area contributed by atoms with Crippen LogP contribution >= 0.6 is 11.3 Å². The summed E-state index contributed by atoms with van der Waals surface area (Å²) >= 11 is 1.78. The molecule has 100 valence electrons. The van der Waals surface area contributed by atoms with Crippen LogP contribution in [0.5, 0.6) is 0 Å². The molecule has 2 aromatic rings. The number of amides is 1. The third-order valence-electron chi connectivity index (χ3n) is 3.60. The molecule has 2 heterocycles. The van der Waals surface area contributed by atoms with Gasteiger partial charge in [0.25, 0.3) is 0 Å². The summed E-state index contributed by atoms with van der Waals surface area (Å²) in [6, 6.07) is 8.44. The highest BCUT2D eigenvalue weighted by Gasteiger charge is 2.20. The number of benzene rings is 1. The van der Waals surface area contributed by atoms with E-state index >= 15 is 0 Å². The molecule has 0 aliphatic carbocycles. The average molecular weight is 276 g/mol. The molecular formula is C14H16N2O2S. The molecule has 1 aromatic carbocycles. The first-order chi connectivity index (χ1) is 9.24. The average Bonchev–Trinajstić information content (AvgIpc) is 2.83. The van der Waals surface area contributed by atoms with E-state index in [9.17, 15) is 4.79 Å². The highest BCUT2D eigenvalue weighted by Crippen LogP contribution is 2.26. The van der Waals surface area contributed by atoms with E-state index in [4.69, 9.17) is 5.11 Å². The number of carbonyl (C=O) groups is 1. The van der Waals surface area contributed by atoms with Crippen molar-refractivity contribution in [3.05, 3.63) is 35.2 Å². The van der Waals surface area contributed by atoms with Crippen molar-refractivity contribution in [2.24, 2.45) is 0 Å². The Balaban J connectivity index is 1.68. The van der Waals surface area contributed by atoms with E-state index in [0.29, 0.717) is 13.1 Å². The summed E-state index contributed by atoms with van der Waals surface area (Å²) in [6.45, 7) is 3.76. The van der Waals surface area contributed by atoms with Gasteiger partial charge in [-0.3, -0.25) is 4.90 Å². The van der Waals surface area contributed by atoms with E-state index in [2.05, 4.69) is 34.5 Å². The van der Waals surface area contributed by atoms with Gasteiger partial charge < -0.3 is 10.0 Å². The second-order valence-electron chi connectivity index (χ2n) is 4.80. The zero-order valence-electron chi connectivity index (χ0n) is 10.6. The number of piperazine rings is 1. The summed E-state index contributed by atoms with van der Waals surface area (Å²) in [5.41, 5.74) is 1.35. The molecule has 1 fully saturated rings. The molecule has 1 aromatic heterocycles. The minimum absolute atomic E-state index is 0.609. The van der Waals surface area contributed by atoms with Crippen molar-refractivity contribution in [1.29, 1.82) is 0 Å². The Labute approximate surface area is 115 Å². The van der Waals surface area contributed by atoms with Crippen LogP contribution in [0.25, 0.3) is 10.1 Å². The normalized spacial score (nSPS) is 16.9. The molecule has 3 rings (SSSR count). The number of nitrogens with zero attached hydrogens (tertiary/aromatic N) is 2. The minimum Gasteiger partial charge on any atom is -0.465 e. The van der Waals surface area contributed by atoms with Crippen LogP contribution in [0.4, 0.5) is 4.79 Å². The summed E-state index contributed by atoms with van der Waals surface area (Å²) in [6.07, 6.45) is -0.805. The Morgan fingerprint density at radius 2 is 1.95 bits per heavy atom. The number of hydrogen-bond acceptors (Lipinski definition) is 3. The Morgan fingerprint density at radius 3 is 2.68 bits per heavy atom. The van der Waals surface area contributed by atoms with Gasteiger partial charge in [0.05, 0.1) is 0 Å². The van der Waals surface area contributed by atoms with Crippen molar-refractivity contribution in [1.82, 2.24) is 9.80 Å². The van der Waals surface area contributed by atoms with Crippen LogP contribution in [0.1, 0.15) is 5.56 Å². The van der Waals surface area contributed by atoms with E-state index in [-0.39, 0.29) is 0 Å². The maximum atomic E-state index is 10.9. The van der Waals surface area contributed by atoms with Crippen LogP contribution in [0.15, 0.2) is 29.6 Å². The molecule has 19 heavy (non-hydrogen) atoms. The molecule has 0 bridgehead atoms. The number of hydrogen-bond donors (Lipinski definition) is 1. The summed E-state index contributed by atoms with van der Waals surface area (Å²) in [4.78, 5) is 14.7. The molecule has 1 aliphatic rings. The Kier molecular flexibility index (Phi) is 3.40. The van der Waals surface area contributed by atoms with Crippen LogP contribution in [-0.2, 0) is 6.54 Å². The number of rotatable bonds is 2. The molecule has 5 heteroatoms. The third kappa shape index (κ3) is 2.57. The van der Waals surface area contributed by atoms with Crippen molar-refractivity contribution in [2.45, 2.75) is 6.54 Å². The van der Waals surface area contributed by atoms with E-state index in [1.165, 1.54) is 20.5 Å². The van der Waals surface area contributed by atoms with Crippen LogP contribution in [0.3, 0.4) is 0 Å². The molecule has 0 unspecified atom stereocenters. The summed E-state index contributed by atoms with van der Waals surface area (Å²) in [5, 5.41) is 12.5. The lowest BCUT2D eigenvalue weighted by atomic mass is 10.1. The summed E-state index contributed by atoms with van der Waals surface area (Å²) in [7, 11) is 0. The van der Waals surface area contributed by atoms with Gasteiger partial charge in [-0.25, -0.2) is 4.79 Å². The second-order valence-corrected chi connectivity index (χ2v) is 5.71. The molecular weight excluding hydrogens is 260 g/mol. The van der Waals surface area contributed by atoms with E-state index < -0.39 is 6.09 Å². The minimum atomic E-state index is -0.805. The van der Waals surface area contributed by atoms with Gasteiger partial charge in [-0.2, -0.15) is 0 Å². The van der Waals surface area contributed by atoms with Crippen molar-refractivity contribution in [3.8, 4) is 0 Å². The molecule has 1 saturated heterocycles. The van der Waals surface area contributed by atoms with E-state index in [1.807, 2.05) is 0 Å². The Morgan fingerprint density at radius 1 is 1.21 bits per heavy atom. The van der Waals surface area contributed by atoms with Crippen molar-refractivity contribution in [3.63, 3.8) is 0 Å². The zero-order chi connectivity index (χ0) is 13.2. The number of carboxylic acid groups (broad SMARTS) is 1. The van der Waals surface area contributed by atoms with Crippen LogP contribution in [-0.4, -0.2) is 47.2 Å². The van der Waals surface area contributed by atoms with E-state index in [1.54, 1.807) is 11.3 Å². The van der Waals surface area contributed by atoms with Crippen LogP contribution in [0.2, 0.25) is 0 Å². The van der Waals surface area contributed by atoms with Crippen molar-refractivity contribution >= 4 is 27.5 Å². The van der Waals surface area contributed by atoms with Crippen molar-refractivity contribution < 1.29 is 9.90 Å². The lowest BCUT2D eigenvalue weighted by molar-refractivity contribution is 0.103. The van der Waals surface area contributed by atoms with Gasteiger partial charge in [-0.05, 0) is 22.4 Å². The van der Waals surface area contributed by atoms with Gasteiger partial charge in [0.2, 0.25) is 0 Å². The number of fused-ring (bicyclic) bond motifs is 1. The highest BCUT2D eigenvalue weighted by molar-refractivity contribution is 7.17. The van der Waals surface area contributed by atoms with Crippen LogP contribution in [0, 0.1) is 0 Å². The molecule has 1 N–H and O–H groups in total. The fourth-order valence-electron chi connectivity index (χ4n) is 2.49. The van der Waals surface area contributed by atoms with E-state index in [0.717, 1.165) is 19.6 Å². The lowest BCUT2D eigenvalue weighted by Gasteiger charge is -2.32. The second kappa shape index (κ2) is 5.19. The first kappa shape index (κ1) is 12.4. The molecule has 0 spiro atoms.